The zero-order valence-electron chi connectivity index (χ0n) is 8.79. The molecular weight excluding hydrogens is 194 g/mol. The Bertz CT molecular complexity index is 313. The van der Waals surface area contributed by atoms with Gasteiger partial charge in [-0.2, -0.15) is 4.37 Å². The van der Waals surface area contributed by atoms with Gasteiger partial charge in [-0.05, 0) is 44.1 Å². The molecule has 1 fully saturated rings. The lowest BCUT2D eigenvalue weighted by Gasteiger charge is -2.19. The molecule has 3 nitrogen and oxygen atoms in total. The fraction of sp³-hybridized carbons (Fsp3) is 0.700. The summed E-state index contributed by atoms with van der Waals surface area (Å²) in [6, 6.07) is 0. The molecule has 78 valence electrons. The highest BCUT2D eigenvalue weighted by atomic mass is 32.1. The van der Waals surface area contributed by atoms with E-state index in [1.807, 2.05) is 0 Å². The van der Waals surface area contributed by atoms with Gasteiger partial charge in [0.2, 0.25) is 0 Å². The van der Waals surface area contributed by atoms with Crippen molar-refractivity contribution >= 4 is 22.4 Å². The first-order valence-corrected chi connectivity index (χ1v) is 6.05. The molecule has 0 aliphatic heterocycles. The molecule has 2 rings (SSSR count). The lowest BCUT2D eigenvalue weighted by molar-refractivity contribution is 0.867. The third-order valence-electron chi connectivity index (χ3n) is 2.77. The van der Waals surface area contributed by atoms with Gasteiger partial charge < -0.3 is 10.6 Å². The lowest BCUT2D eigenvalue weighted by Crippen LogP contribution is -2.21. The van der Waals surface area contributed by atoms with Crippen LogP contribution in [0, 0.1) is 0 Å². The molecule has 1 aliphatic carbocycles. The normalized spacial score (nSPS) is 15.9. The van der Waals surface area contributed by atoms with Crippen molar-refractivity contribution in [3.63, 3.8) is 0 Å². The molecule has 0 amide bonds. The SMILES string of the molecule is CCN(CC)c1snc(N)c1C1CC1. The average Bonchev–Trinajstić information content (AvgIpc) is 2.95. The molecule has 2 N–H and O–H groups in total. The van der Waals surface area contributed by atoms with Crippen LogP contribution < -0.4 is 10.6 Å². The van der Waals surface area contributed by atoms with Gasteiger partial charge in [0.25, 0.3) is 0 Å². The highest BCUT2D eigenvalue weighted by Crippen LogP contribution is 2.48. The number of nitrogens with two attached hydrogens (primary N) is 1. The fourth-order valence-corrected chi connectivity index (χ4v) is 2.82. The van der Waals surface area contributed by atoms with Crippen LogP contribution in [0.1, 0.15) is 38.2 Å². The van der Waals surface area contributed by atoms with Crippen LogP contribution in [0.3, 0.4) is 0 Å². The summed E-state index contributed by atoms with van der Waals surface area (Å²) in [6.07, 6.45) is 2.58. The standard InChI is InChI=1S/C10H17N3S/c1-3-13(4-2)10-8(7-5-6-7)9(11)12-14-10/h7H,3-6H2,1-2H3,(H2,11,12). The highest BCUT2D eigenvalue weighted by molar-refractivity contribution is 7.10. The zero-order valence-corrected chi connectivity index (χ0v) is 9.60. The molecule has 1 heterocycles. The van der Waals surface area contributed by atoms with E-state index in [2.05, 4.69) is 23.1 Å². The Kier molecular flexibility index (Phi) is 2.63. The molecule has 0 spiro atoms. The number of nitrogen functional groups attached to an aromatic ring is 1. The number of aromatic nitrogens is 1. The van der Waals surface area contributed by atoms with Gasteiger partial charge in [0.05, 0.1) is 0 Å². The van der Waals surface area contributed by atoms with Gasteiger partial charge in [-0.1, -0.05) is 0 Å². The van der Waals surface area contributed by atoms with E-state index in [9.17, 15) is 0 Å². The molecule has 0 unspecified atom stereocenters. The number of anilines is 2. The molecule has 0 saturated heterocycles. The molecule has 0 bridgehead atoms. The van der Waals surface area contributed by atoms with Gasteiger partial charge in [0, 0.05) is 18.7 Å². The van der Waals surface area contributed by atoms with E-state index >= 15 is 0 Å². The Morgan fingerprint density at radius 3 is 2.57 bits per heavy atom. The van der Waals surface area contributed by atoms with Crippen LogP contribution in [0.4, 0.5) is 10.8 Å². The molecule has 1 aromatic rings. The van der Waals surface area contributed by atoms with Crippen molar-refractivity contribution < 1.29 is 0 Å². The highest BCUT2D eigenvalue weighted by Gasteiger charge is 2.31. The second-order valence-corrected chi connectivity index (χ2v) is 4.49. The lowest BCUT2D eigenvalue weighted by atomic mass is 10.2. The zero-order chi connectivity index (χ0) is 10.1. The van der Waals surface area contributed by atoms with E-state index < -0.39 is 0 Å². The van der Waals surface area contributed by atoms with Crippen LogP contribution in [0.5, 0.6) is 0 Å². The van der Waals surface area contributed by atoms with E-state index in [4.69, 9.17) is 5.73 Å². The monoisotopic (exact) mass is 211 g/mol. The van der Waals surface area contributed by atoms with Crippen LogP contribution in [0.25, 0.3) is 0 Å². The number of hydrogen-bond acceptors (Lipinski definition) is 4. The van der Waals surface area contributed by atoms with Gasteiger partial charge in [-0.3, -0.25) is 0 Å². The van der Waals surface area contributed by atoms with Crippen LogP contribution in [0.15, 0.2) is 0 Å². The molecule has 4 heteroatoms. The van der Waals surface area contributed by atoms with Gasteiger partial charge >= 0.3 is 0 Å². The Hall–Kier alpha value is -0.770. The maximum Gasteiger partial charge on any atom is 0.142 e. The summed E-state index contributed by atoms with van der Waals surface area (Å²) in [5.74, 6) is 1.46. The maximum absolute atomic E-state index is 5.90. The van der Waals surface area contributed by atoms with E-state index in [1.54, 1.807) is 11.5 Å². The summed E-state index contributed by atoms with van der Waals surface area (Å²) in [5.41, 5.74) is 7.22. The van der Waals surface area contributed by atoms with Crippen LogP contribution in [0.2, 0.25) is 0 Å². The van der Waals surface area contributed by atoms with Crippen LogP contribution >= 0.6 is 11.5 Å². The summed E-state index contributed by atoms with van der Waals surface area (Å²) in [4.78, 5) is 2.35. The predicted octanol–water partition coefficient (Wildman–Crippen LogP) is 2.45. The van der Waals surface area contributed by atoms with Crippen molar-refractivity contribution in [3.05, 3.63) is 5.56 Å². The largest absolute Gasteiger partial charge is 0.383 e. The Balaban J connectivity index is 2.31. The van der Waals surface area contributed by atoms with Gasteiger partial charge in [0.1, 0.15) is 10.8 Å². The van der Waals surface area contributed by atoms with Crippen molar-refractivity contribution in [3.8, 4) is 0 Å². The summed E-state index contributed by atoms with van der Waals surface area (Å²) in [5, 5.41) is 1.30. The molecule has 14 heavy (non-hydrogen) atoms. The van der Waals surface area contributed by atoms with Gasteiger partial charge in [0.15, 0.2) is 0 Å². The molecule has 0 aromatic carbocycles. The Morgan fingerprint density at radius 1 is 1.43 bits per heavy atom. The Labute approximate surface area is 89.1 Å². The minimum atomic E-state index is 0.698. The molecule has 1 aliphatic rings. The predicted molar refractivity (Wildman–Crippen MR) is 62.1 cm³/mol. The minimum absolute atomic E-state index is 0.698. The first-order chi connectivity index (χ1) is 6.77. The second kappa shape index (κ2) is 3.77. The number of hydrogen-bond donors (Lipinski definition) is 1. The number of nitrogens with zero attached hydrogens (tertiary/aromatic N) is 2. The third-order valence-corrected chi connectivity index (χ3v) is 3.71. The van der Waals surface area contributed by atoms with Crippen molar-refractivity contribution in [1.29, 1.82) is 0 Å². The smallest absolute Gasteiger partial charge is 0.142 e. The molecular formula is C10H17N3S. The first kappa shape index (κ1) is 9.77. The molecule has 0 radical (unpaired) electrons. The quantitative estimate of drug-likeness (QED) is 0.831. The summed E-state index contributed by atoms with van der Waals surface area (Å²) in [7, 11) is 0. The van der Waals surface area contributed by atoms with Gasteiger partial charge in [-0.15, -0.1) is 0 Å². The molecule has 1 aromatic heterocycles. The van der Waals surface area contributed by atoms with E-state index in [0.717, 1.165) is 18.9 Å². The van der Waals surface area contributed by atoms with Crippen LogP contribution in [-0.4, -0.2) is 17.5 Å². The van der Waals surface area contributed by atoms with Crippen molar-refractivity contribution in [1.82, 2.24) is 4.37 Å². The van der Waals surface area contributed by atoms with E-state index in [-0.39, 0.29) is 0 Å². The van der Waals surface area contributed by atoms with E-state index in [0.29, 0.717) is 5.92 Å². The maximum atomic E-state index is 5.90. The fourth-order valence-electron chi connectivity index (χ4n) is 1.79. The summed E-state index contributed by atoms with van der Waals surface area (Å²) in [6.45, 7) is 6.43. The minimum Gasteiger partial charge on any atom is -0.383 e. The van der Waals surface area contributed by atoms with E-state index in [1.165, 1.54) is 23.4 Å². The second-order valence-electron chi connectivity index (χ2n) is 3.73. The molecule has 0 atom stereocenters. The van der Waals surface area contributed by atoms with Crippen LogP contribution in [-0.2, 0) is 0 Å². The average molecular weight is 211 g/mol. The Morgan fingerprint density at radius 2 is 2.07 bits per heavy atom. The number of rotatable bonds is 4. The molecule has 1 saturated carbocycles. The van der Waals surface area contributed by atoms with Crippen molar-refractivity contribution in [2.45, 2.75) is 32.6 Å². The first-order valence-electron chi connectivity index (χ1n) is 5.27. The summed E-state index contributed by atoms with van der Waals surface area (Å²) >= 11 is 1.55. The summed E-state index contributed by atoms with van der Waals surface area (Å²) < 4.78 is 4.27. The van der Waals surface area contributed by atoms with Gasteiger partial charge in [-0.25, -0.2) is 0 Å². The third kappa shape index (κ3) is 1.59. The van der Waals surface area contributed by atoms with Crippen molar-refractivity contribution in [2.24, 2.45) is 0 Å². The topological polar surface area (TPSA) is 42.2 Å². The van der Waals surface area contributed by atoms with Crippen molar-refractivity contribution in [2.75, 3.05) is 23.7 Å².